The van der Waals surface area contributed by atoms with Gasteiger partial charge in [0.1, 0.15) is 0 Å². The molecule has 3 heteroatoms. The van der Waals surface area contributed by atoms with Gasteiger partial charge < -0.3 is 11.1 Å². The van der Waals surface area contributed by atoms with Crippen LogP contribution in [0.3, 0.4) is 0 Å². The quantitative estimate of drug-likeness (QED) is 0.839. The van der Waals surface area contributed by atoms with Crippen molar-refractivity contribution in [2.24, 2.45) is 17.6 Å². The van der Waals surface area contributed by atoms with Crippen molar-refractivity contribution in [3.63, 3.8) is 0 Å². The van der Waals surface area contributed by atoms with Gasteiger partial charge in [0, 0.05) is 11.2 Å². The summed E-state index contributed by atoms with van der Waals surface area (Å²) in [5.74, 6) is 1.21. The van der Waals surface area contributed by atoms with Gasteiger partial charge in [-0.05, 0) is 47.3 Å². The minimum absolute atomic E-state index is 0.565. The van der Waals surface area contributed by atoms with Crippen molar-refractivity contribution in [1.29, 1.82) is 0 Å². The monoisotopic (exact) mass is 262 g/mol. The van der Waals surface area contributed by atoms with Crippen LogP contribution in [0.15, 0.2) is 29.6 Å². The molecule has 0 bridgehead atoms. The van der Waals surface area contributed by atoms with Crippen molar-refractivity contribution < 1.29 is 0 Å². The van der Waals surface area contributed by atoms with Crippen LogP contribution >= 0.6 is 11.3 Å². The molecule has 0 radical (unpaired) electrons. The highest BCUT2D eigenvalue weighted by Crippen LogP contribution is 2.25. The predicted molar refractivity (Wildman–Crippen MR) is 80.9 cm³/mol. The van der Waals surface area contributed by atoms with Crippen LogP contribution in [-0.2, 0) is 6.54 Å². The number of hydrogen-bond acceptors (Lipinski definition) is 3. The van der Waals surface area contributed by atoms with Crippen molar-refractivity contribution in [2.45, 2.75) is 20.4 Å². The number of nitrogens with one attached hydrogen (secondary N) is 1. The first-order valence-corrected chi connectivity index (χ1v) is 7.46. The SMILES string of the molecule is CC(C)C(CN)CNCc1csc2ccccc12. The highest BCUT2D eigenvalue weighted by Gasteiger charge is 2.11. The second kappa shape index (κ2) is 6.32. The van der Waals surface area contributed by atoms with E-state index in [0.29, 0.717) is 11.8 Å². The zero-order chi connectivity index (χ0) is 13.0. The van der Waals surface area contributed by atoms with Crippen molar-refractivity contribution in [2.75, 3.05) is 13.1 Å². The van der Waals surface area contributed by atoms with Gasteiger partial charge in [-0.15, -0.1) is 11.3 Å². The van der Waals surface area contributed by atoms with Crippen LogP contribution < -0.4 is 11.1 Å². The van der Waals surface area contributed by atoms with Crippen molar-refractivity contribution in [3.05, 3.63) is 35.2 Å². The molecule has 1 aromatic carbocycles. The molecule has 2 nitrogen and oxygen atoms in total. The summed E-state index contributed by atoms with van der Waals surface area (Å²) in [6.07, 6.45) is 0. The van der Waals surface area contributed by atoms with Crippen LogP contribution in [0.25, 0.3) is 10.1 Å². The molecule has 0 aliphatic carbocycles. The molecule has 0 saturated carbocycles. The molecule has 1 unspecified atom stereocenters. The minimum Gasteiger partial charge on any atom is -0.330 e. The Morgan fingerprint density at radius 3 is 2.78 bits per heavy atom. The smallest absolute Gasteiger partial charge is 0.0346 e. The van der Waals surface area contributed by atoms with E-state index < -0.39 is 0 Å². The molecule has 18 heavy (non-hydrogen) atoms. The molecular weight excluding hydrogens is 240 g/mol. The molecule has 1 atom stereocenters. The Kier molecular flexibility index (Phi) is 4.75. The number of fused-ring (bicyclic) bond motifs is 1. The van der Waals surface area contributed by atoms with E-state index in [1.807, 2.05) is 11.3 Å². The maximum absolute atomic E-state index is 5.79. The van der Waals surface area contributed by atoms with Crippen LogP contribution in [0.5, 0.6) is 0 Å². The topological polar surface area (TPSA) is 38.0 Å². The molecule has 0 aliphatic heterocycles. The molecular formula is C15H22N2S. The number of rotatable bonds is 6. The van der Waals surface area contributed by atoms with Gasteiger partial charge >= 0.3 is 0 Å². The molecule has 1 aromatic heterocycles. The Hall–Kier alpha value is -0.900. The van der Waals surface area contributed by atoms with Crippen LogP contribution in [0.2, 0.25) is 0 Å². The fourth-order valence-electron chi connectivity index (χ4n) is 2.15. The van der Waals surface area contributed by atoms with Gasteiger partial charge in [0.05, 0.1) is 0 Å². The van der Waals surface area contributed by atoms with Gasteiger partial charge in [-0.2, -0.15) is 0 Å². The third-order valence-corrected chi connectivity index (χ3v) is 4.54. The molecule has 0 fully saturated rings. The maximum Gasteiger partial charge on any atom is 0.0346 e. The van der Waals surface area contributed by atoms with E-state index in [0.717, 1.165) is 19.6 Å². The predicted octanol–water partition coefficient (Wildman–Crippen LogP) is 3.22. The van der Waals surface area contributed by atoms with Gasteiger partial charge in [0.15, 0.2) is 0 Å². The second-order valence-electron chi connectivity index (χ2n) is 5.13. The molecule has 0 saturated heterocycles. The summed E-state index contributed by atoms with van der Waals surface area (Å²) in [5.41, 5.74) is 7.18. The van der Waals surface area contributed by atoms with Crippen molar-refractivity contribution in [3.8, 4) is 0 Å². The largest absolute Gasteiger partial charge is 0.330 e. The number of hydrogen-bond donors (Lipinski definition) is 2. The van der Waals surface area contributed by atoms with Gasteiger partial charge in [0.25, 0.3) is 0 Å². The molecule has 0 amide bonds. The first kappa shape index (κ1) is 13.5. The van der Waals surface area contributed by atoms with E-state index in [1.165, 1.54) is 15.6 Å². The van der Waals surface area contributed by atoms with Gasteiger partial charge in [-0.1, -0.05) is 32.0 Å². The summed E-state index contributed by atoms with van der Waals surface area (Å²) >= 11 is 1.82. The Balaban J connectivity index is 1.94. The summed E-state index contributed by atoms with van der Waals surface area (Å²) in [6, 6.07) is 8.58. The summed E-state index contributed by atoms with van der Waals surface area (Å²) < 4.78 is 1.37. The molecule has 2 rings (SSSR count). The lowest BCUT2D eigenvalue weighted by Crippen LogP contribution is -2.31. The van der Waals surface area contributed by atoms with E-state index in [1.54, 1.807) is 0 Å². The third-order valence-electron chi connectivity index (χ3n) is 3.53. The Morgan fingerprint density at radius 1 is 1.28 bits per heavy atom. The zero-order valence-corrected chi connectivity index (χ0v) is 12.0. The molecule has 3 N–H and O–H groups in total. The standard InChI is InChI=1S/C15H22N2S/c1-11(2)12(7-16)8-17-9-13-10-18-15-6-4-3-5-14(13)15/h3-6,10-12,17H,7-9,16H2,1-2H3. The van der Waals surface area contributed by atoms with E-state index in [-0.39, 0.29) is 0 Å². The highest BCUT2D eigenvalue weighted by molar-refractivity contribution is 7.17. The number of thiophene rings is 1. The van der Waals surface area contributed by atoms with Crippen LogP contribution in [0.4, 0.5) is 0 Å². The van der Waals surface area contributed by atoms with Crippen LogP contribution in [0.1, 0.15) is 19.4 Å². The summed E-state index contributed by atoms with van der Waals surface area (Å²) in [6.45, 7) is 7.17. The van der Waals surface area contributed by atoms with Crippen LogP contribution in [0, 0.1) is 11.8 Å². The van der Waals surface area contributed by atoms with Crippen LogP contribution in [-0.4, -0.2) is 13.1 Å². The normalized spacial score (nSPS) is 13.3. The Bertz CT molecular complexity index is 490. The lowest BCUT2D eigenvalue weighted by Gasteiger charge is -2.19. The fraction of sp³-hybridized carbons (Fsp3) is 0.467. The summed E-state index contributed by atoms with van der Waals surface area (Å²) in [4.78, 5) is 0. The number of benzene rings is 1. The second-order valence-corrected chi connectivity index (χ2v) is 6.04. The van der Waals surface area contributed by atoms with Crippen molar-refractivity contribution in [1.82, 2.24) is 5.32 Å². The van der Waals surface area contributed by atoms with E-state index in [4.69, 9.17) is 5.73 Å². The Labute approximate surface area is 113 Å². The molecule has 0 spiro atoms. The minimum atomic E-state index is 0.565. The molecule has 2 aromatic rings. The van der Waals surface area contributed by atoms with Gasteiger partial charge in [-0.25, -0.2) is 0 Å². The summed E-state index contributed by atoms with van der Waals surface area (Å²) in [5, 5.41) is 7.17. The first-order chi connectivity index (χ1) is 8.72. The van der Waals surface area contributed by atoms with E-state index in [9.17, 15) is 0 Å². The van der Waals surface area contributed by atoms with Gasteiger partial charge in [-0.3, -0.25) is 0 Å². The van der Waals surface area contributed by atoms with E-state index >= 15 is 0 Å². The van der Waals surface area contributed by atoms with Gasteiger partial charge in [0.2, 0.25) is 0 Å². The molecule has 0 aliphatic rings. The average molecular weight is 262 g/mol. The average Bonchev–Trinajstić information content (AvgIpc) is 2.78. The van der Waals surface area contributed by atoms with E-state index in [2.05, 4.69) is 48.8 Å². The first-order valence-electron chi connectivity index (χ1n) is 6.58. The molecule has 98 valence electrons. The summed E-state index contributed by atoms with van der Waals surface area (Å²) in [7, 11) is 0. The zero-order valence-electron chi connectivity index (χ0n) is 11.1. The Morgan fingerprint density at radius 2 is 2.06 bits per heavy atom. The lowest BCUT2D eigenvalue weighted by atomic mass is 9.96. The maximum atomic E-state index is 5.79. The van der Waals surface area contributed by atoms with Crippen molar-refractivity contribution >= 4 is 21.4 Å². The number of nitrogens with two attached hydrogens (primary N) is 1. The highest BCUT2D eigenvalue weighted by atomic mass is 32.1. The lowest BCUT2D eigenvalue weighted by molar-refractivity contribution is 0.371. The third kappa shape index (κ3) is 3.10. The fourth-order valence-corrected chi connectivity index (χ4v) is 3.12. The molecule has 1 heterocycles.